The van der Waals surface area contributed by atoms with Gasteiger partial charge in [-0.05, 0) is 89.8 Å². The molecule has 0 radical (unpaired) electrons. The second kappa shape index (κ2) is 41.3. The predicted molar refractivity (Wildman–Crippen MR) is 320 cm³/mol. The van der Waals surface area contributed by atoms with Crippen LogP contribution in [0.3, 0.4) is 0 Å². The van der Waals surface area contributed by atoms with E-state index in [0.717, 1.165) is 0 Å². The maximum Gasteiger partial charge on any atom is -0.0161 e. The predicted octanol–water partition coefficient (Wildman–Crippen LogP) is 26.2. The van der Waals surface area contributed by atoms with Gasteiger partial charge in [-0.2, -0.15) is 0 Å². The van der Waals surface area contributed by atoms with Crippen molar-refractivity contribution in [2.75, 3.05) is 0 Å². The van der Waals surface area contributed by atoms with Crippen LogP contribution in [-0.4, -0.2) is 0 Å². The highest BCUT2D eigenvalue weighted by Gasteiger charge is 2.70. The van der Waals surface area contributed by atoms with Gasteiger partial charge in [0.1, 0.15) is 0 Å². The molecule has 416 valence electrons. The van der Waals surface area contributed by atoms with E-state index in [-0.39, 0.29) is 21.7 Å². The Balaban J connectivity index is 9.23. The van der Waals surface area contributed by atoms with Crippen molar-refractivity contribution in [1.82, 2.24) is 0 Å². The highest BCUT2D eigenvalue weighted by atomic mass is 14.7. The Morgan fingerprint density at radius 1 is 0.261 bits per heavy atom. The lowest BCUT2D eigenvalue weighted by atomic mass is 9.30. The number of rotatable bonds is 51. The number of unbranched alkanes of at least 4 members (excludes halogenated alkanes) is 31. The lowest BCUT2D eigenvalue weighted by Gasteiger charge is -2.74. The van der Waals surface area contributed by atoms with Gasteiger partial charge in [-0.25, -0.2) is 0 Å². The van der Waals surface area contributed by atoms with Crippen molar-refractivity contribution in [1.29, 1.82) is 0 Å². The fourth-order valence-corrected chi connectivity index (χ4v) is 15.9. The summed E-state index contributed by atoms with van der Waals surface area (Å²) in [5.74, 6) is 0.705. The Bertz CT molecular complexity index is 1090. The zero-order valence-corrected chi connectivity index (χ0v) is 51.8. The van der Waals surface area contributed by atoms with Crippen LogP contribution in [0.2, 0.25) is 0 Å². The van der Waals surface area contributed by atoms with Crippen molar-refractivity contribution in [3.8, 4) is 0 Å². The molecule has 0 bridgehead atoms. The van der Waals surface area contributed by atoms with Crippen molar-refractivity contribution >= 4 is 0 Å². The van der Waals surface area contributed by atoms with E-state index in [4.69, 9.17) is 0 Å². The Morgan fingerprint density at radius 2 is 0.493 bits per heavy atom. The van der Waals surface area contributed by atoms with Gasteiger partial charge < -0.3 is 0 Å². The molecule has 0 aliphatic heterocycles. The molecule has 0 spiro atoms. The van der Waals surface area contributed by atoms with Crippen LogP contribution in [0.25, 0.3) is 0 Å². The minimum Gasteiger partial charge on any atom is -0.0654 e. The second-order valence-corrected chi connectivity index (χ2v) is 26.9. The van der Waals surface area contributed by atoms with E-state index in [0.29, 0.717) is 16.7 Å². The third-order valence-corrected chi connectivity index (χ3v) is 19.2. The van der Waals surface area contributed by atoms with E-state index in [2.05, 4.69) is 104 Å². The Morgan fingerprint density at radius 3 is 0.783 bits per heavy atom. The zero-order chi connectivity index (χ0) is 51.8. The van der Waals surface area contributed by atoms with Crippen molar-refractivity contribution in [3.63, 3.8) is 0 Å². The molecule has 0 saturated carbocycles. The van der Waals surface area contributed by atoms with Crippen LogP contribution in [0.1, 0.15) is 406 Å². The van der Waals surface area contributed by atoms with Crippen LogP contribution in [0, 0.1) is 38.4 Å². The summed E-state index contributed by atoms with van der Waals surface area (Å²) < 4.78 is 0. The van der Waals surface area contributed by atoms with Gasteiger partial charge >= 0.3 is 0 Å². The average molecular weight is 970 g/mol. The summed E-state index contributed by atoms with van der Waals surface area (Å²) in [4.78, 5) is 0. The summed E-state index contributed by atoms with van der Waals surface area (Å²) in [6.45, 7) is 39.3. The standard InChI is InChI=1S/C69H140/c1-16-24-31-37-40-42-47-51-57-66(55-49-45-39-33-26-18-3,56-50-46-41-38-32-25-17-2)67(58-52-36-29-21-6,59-53-43-34-27-19-4)68(60-48-30-22-7,62-64(10,11)12)69(63(9)23-8,65(13,14)15)61-54-44-35-28-20-5/h63H,16-62H2,1-15H3. The average Bonchev–Trinajstić information content (AvgIpc) is 3.31. The van der Waals surface area contributed by atoms with Crippen LogP contribution < -0.4 is 0 Å². The summed E-state index contributed by atoms with van der Waals surface area (Å²) >= 11 is 0. The van der Waals surface area contributed by atoms with Gasteiger partial charge in [0.05, 0.1) is 0 Å². The molecule has 0 N–H and O–H groups in total. The van der Waals surface area contributed by atoms with Gasteiger partial charge in [0, 0.05) is 0 Å². The first-order valence-electron chi connectivity index (χ1n) is 33.1. The van der Waals surface area contributed by atoms with E-state index in [1.807, 2.05) is 0 Å². The van der Waals surface area contributed by atoms with Crippen molar-refractivity contribution in [2.24, 2.45) is 38.4 Å². The summed E-state index contributed by atoms with van der Waals surface area (Å²) in [6, 6.07) is 0. The molecule has 0 aliphatic rings. The first-order valence-corrected chi connectivity index (χ1v) is 33.1. The smallest absolute Gasteiger partial charge is 0.0161 e. The Hall–Kier alpha value is 0. The lowest BCUT2D eigenvalue weighted by Crippen LogP contribution is -2.67. The molecule has 0 aromatic rings. The van der Waals surface area contributed by atoms with Crippen LogP contribution in [0.4, 0.5) is 0 Å². The minimum absolute atomic E-state index is 0.213. The monoisotopic (exact) mass is 969 g/mol. The molecule has 0 fully saturated rings. The lowest BCUT2D eigenvalue weighted by molar-refractivity contribution is -0.255. The molecule has 0 heteroatoms. The molecule has 0 aromatic carbocycles. The van der Waals surface area contributed by atoms with E-state index in [1.54, 1.807) is 0 Å². The van der Waals surface area contributed by atoms with E-state index in [9.17, 15) is 0 Å². The van der Waals surface area contributed by atoms with Gasteiger partial charge in [-0.1, -0.05) is 354 Å². The maximum absolute atomic E-state index is 2.85. The fraction of sp³-hybridized carbons (Fsp3) is 1.00. The largest absolute Gasteiger partial charge is 0.0654 e. The second-order valence-electron chi connectivity index (χ2n) is 26.9. The molecule has 0 heterocycles. The highest BCUT2D eigenvalue weighted by Crippen LogP contribution is 2.78. The Kier molecular flexibility index (Phi) is 41.3. The topological polar surface area (TPSA) is 0 Å². The molecule has 69 heavy (non-hydrogen) atoms. The quantitative estimate of drug-likeness (QED) is 0.0533. The van der Waals surface area contributed by atoms with E-state index < -0.39 is 0 Å². The molecule has 0 amide bonds. The molecule has 5 unspecified atom stereocenters. The van der Waals surface area contributed by atoms with Crippen LogP contribution >= 0.6 is 0 Å². The number of hydrogen-bond donors (Lipinski definition) is 0. The van der Waals surface area contributed by atoms with Gasteiger partial charge in [0.2, 0.25) is 0 Å². The third kappa shape index (κ3) is 24.9. The van der Waals surface area contributed by atoms with Crippen LogP contribution in [0.15, 0.2) is 0 Å². The summed E-state index contributed by atoms with van der Waals surface area (Å²) in [5.41, 5.74) is 1.73. The van der Waals surface area contributed by atoms with Crippen molar-refractivity contribution in [2.45, 2.75) is 406 Å². The molecular weight excluding hydrogens is 829 g/mol. The number of hydrogen-bond acceptors (Lipinski definition) is 0. The molecule has 0 rings (SSSR count). The van der Waals surface area contributed by atoms with Crippen molar-refractivity contribution in [3.05, 3.63) is 0 Å². The van der Waals surface area contributed by atoms with Gasteiger partial charge in [0.25, 0.3) is 0 Å². The third-order valence-electron chi connectivity index (χ3n) is 19.2. The van der Waals surface area contributed by atoms with Crippen LogP contribution in [-0.2, 0) is 0 Å². The molecule has 0 aliphatic carbocycles. The molecule has 0 nitrogen and oxygen atoms in total. The summed E-state index contributed by atoms with van der Waals surface area (Å²) in [6.07, 6.45) is 67.6. The first-order chi connectivity index (χ1) is 33.1. The van der Waals surface area contributed by atoms with Gasteiger partial charge in [0.15, 0.2) is 0 Å². The van der Waals surface area contributed by atoms with Gasteiger partial charge in [-0.15, -0.1) is 0 Å². The van der Waals surface area contributed by atoms with E-state index >= 15 is 0 Å². The molecule has 5 atom stereocenters. The Labute approximate surface area is 442 Å². The minimum atomic E-state index is 0.213. The van der Waals surface area contributed by atoms with Crippen molar-refractivity contribution < 1.29 is 0 Å². The molecular formula is C69H140. The highest BCUT2D eigenvalue weighted by molar-refractivity contribution is 5.19. The zero-order valence-electron chi connectivity index (χ0n) is 51.8. The van der Waals surface area contributed by atoms with E-state index in [1.165, 1.54) is 302 Å². The van der Waals surface area contributed by atoms with Gasteiger partial charge in [-0.3, -0.25) is 0 Å². The summed E-state index contributed by atoms with van der Waals surface area (Å²) in [5, 5.41) is 0. The maximum atomic E-state index is 2.85. The first kappa shape index (κ1) is 69.0. The normalized spacial score (nSPS) is 16.6. The van der Waals surface area contributed by atoms with Crippen LogP contribution in [0.5, 0.6) is 0 Å². The molecule has 0 aromatic heterocycles. The fourth-order valence-electron chi connectivity index (χ4n) is 15.9. The molecule has 0 saturated heterocycles. The summed E-state index contributed by atoms with van der Waals surface area (Å²) in [7, 11) is 0. The SMILES string of the molecule is CCCCCCCCCCC(CCCCCCCC)(CCCCCCCCC)C(CCCCCC)(CCCCCCC)C(CCCCC)(CC(C)(C)C)C(CCCCCCC)(C(C)CC)C(C)(C)C.